The third-order valence-electron chi connectivity index (χ3n) is 10.4. The molecule has 1 aromatic carbocycles. The topological polar surface area (TPSA) is 197 Å². The third-order valence-corrected chi connectivity index (χ3v) is 11.8. The van der Waals surface area contributed by atoms with Gasteiger partial charge >= 0.3 is 19.5 Å². The number of nitrogens with two attached hydrogens (primary N) is 1. The Morgan fingerprint density at radius 1 is 0.947 bits per heavy atom. The van der Waals surface area contributed by atoms with E-state index in [2.05, 4.69) is 17.0 Å². The van der Waals surface area contributed by atoms with Crippen LogP contribution in [0.2, 0.25) is 0 Å². The zero-order valence-corrected chi connectivity index (χ0v) is 35.2. The lowest BCUT2D eigenvalue weighted by Gasteiger charge is -2.27. The summed E-state index contributed by atoms with van der Waals surface area (Å²) in [5.41, 5.74) is 5.71. The molecule has 4 rings (SSSR count). The van der Waals surface area contributed by atoms with E-state index in [0.29, 0.717) is 23.4 Å². The van der Waals surface area contributed by atoms with Gasteiger partial charge in [0.15, 0.2) is 5.82 Å². The molecule has 0 bridgehead atoms. The lowest BCUT2D eigenvalue weighted by Crippen LogP contribution is -2.39. The van der Waals surface area contributed by atoms with Gasteiger partial charge in [0.25, 0.3) is 4.90 Å². The molecule has 0 spiro atoms. The highest BCUT2D eigenvalue weighted by Crippen LogP contribution is 2.46. The number of unbranched alkanes of at least 4 members (excludes halogenated alkanes) is 15. The van der Waals surface area contributed by atoms with E-state index >= 15 is 0 Å². The second kappa shape index (κ2) is 24.6. The summed E-state index contributed by atoms with van der Waals surface area (Å²) in [5, 5.41) is 26.0. The molecule has 0 aliphatic carbocycles. The first-order chi connectivity index (χ1) is 27.5. The van der Waals surface area contributed by atoms with E-state index in [9.17, 15) is 28.3 Å². The molecule has 0 amide bonds. The zero-order chi connectivity index (χ0) is 41.1. The maximum atomic E-state index is 14.1. The van der Waals surface area contributed by atoms with Crippen LogP contribution in [0.5, 0.6) is 0 Å². The van der Waals surface area contributed by atoms with Crippen LogP contribution in [0.3, 0.4) is 0 Å². The Morgan fingerprint density at radius 2 is 1.58 bits per heavy atom. The fraction of sp³-hybridized carbons (Fsp3) is 0.700. The normalized spacial score (nSPS) is 21.3. The summed E-state index contributed by atoms with van der Waals surface area (Å²) in [5.74, 6) is -0.378. The van der Waals surface area contributed by atoms with Gasteiger partial charge in [-0.15, -0.1) is 0 Å². The molecule has 1 unspecified atom stereocenters. The highest BCUT2D eigenvalue weighted by Gasteiger charge is 2.54. The fourth-order valence-corrected chi connectivity index (χ4v) is 8.24. The van der Waals surface area contributed by atoms with Gasteiger partial charge in [0, 0.05) is 22.9 Å². The van der Waals surface area contributed by atoms with E-state index < -0.39 is 56.9 Å². The maximum absolute atomic E-state index is 14.1. The molecule has 1 aliphatic heterocycles. The van der Waals surface area contributed by atoms with Crippen LogP contribution in [0, 0.1) is 5.82 Å². The number of hydrogen-bond acceptors (Lipinski definition) is 12. The summed E-state index contributed by atoms with van der Waals surface area (Å²) in [6.07, 6.45) is 16.4. The summed E-state index contributed by atoms with van der Waals surface area (Å²) >= 11 is 0.158. The summed E-state index contributed by atoms with van der Waals surface area (Å²) < 4.78 is 68.0. The molecule has 17 heteroatoms. The van der Waals surface area contributed by atoms with E-state index in [1.165, 1.54) is 106 Å². The molecule has 0 radical (unpaired) electrons. The number of aliphatic hydroxyl groups is 2. The number of phosphoric acid groups is 1. The first-order valence-electron chi connectivity index (χ1n) is 20.5. The number of nitrogens with zero attached hydrogens (tertiary/aromatic N) is 3. The van der Waals surface area contributed by atoms with Gasteiger partial charge in [-0.1, -0.05) is 103 Å². The van der Waals surface area contributed by atoms with Gasteiger partial charge in [-0.2, -0.15) is 5.10 Å². The fourth-order valence-electron chi connectivity index (χ4n) is 7.12. The first kappa shape index (κ1) is 47.2. The lowest BCUT2D eigenvalue weighted by atomic mass is 9.93. The van der Waals surface area contributed by atoms with Gasteiger partial charge in [0.1, 0.15) is 47.7 Å². The van der Waals surface area contributed by atoms with Crippen LogP contribution < -0.4 is 5.73 Å². The van der Waals surface area contributed by atoms with Crippen molar-refractivity contribution in [2.45, 2.75) is 158 Å². The number of ether oxygens (including phenoxy) is 3. The molecule has 1 saturated heterocycles. The van der Waals surface area contributed by atoms with Crippen LogP contribution in [0.1, 0.15) is 128 Å². The number of aromatic nitrogens is 3. The van der Waals surface area contributed by atoms with Crippen LogP contribution >= 0.6 is 7.82 Å². The molecule has 6 atom stereocenters. The maximum Gasteiger partial charge on any atom is 0.505 e. The van der Waals surface area contributed by atoms with Crippen molar-refractivity contribution in [2.24, 2.45) is 0 Å². The number of anilines is 1. The number of fused-ring (bicyclic) bond motifs is 1. The number of rotatable bonds is 30. The quantitative estimate of drug-likeness (QED) is 0.0292. The van der Waals surface area contributed by atoms with Crippen molar-refractivity contribution < 1.29 is 51.5 Å². The van der Waals surface area contributed by atoms with Gasteiger partial charge in [0.05, 0.1) is 32.1 Å². The van der Waals surface area contributed by atoms with Crippen LogP contribution in [0.4, 0.5) is 10.2 Å². The van der Waals surface area contributed by atoms with E-state index in [1.54, 1.807) is 19.1 Å². The molecule has 57 heavy (non-hydrogen) atoms. The molecule has 0 saturated carbocycles. The Hall–Kier alpha value is -2.50. The SMILES string of the molecule is CCCCCCCCCCCCCCCCCCOC[C@H](COP(=O)(O)OC[C@H]1O[C@@](C)(c2ccc3c(N)ncnn23)[C@H](O)[C@@H]1O)OCc1cc(F)cc([S+]=O)c1. The number of benzene rings is 1. The minimum absolute atomic E-state index is 0.0194. The average molecular weight is 842 g/mol. The predicted molar refractivity (Wildman–Crippen MR) is 215 cm³/mol. The lowest BCUT2D eigenvalue weighted by molar-refractivity contribution is -0.0901. The van der Waals surface area contributed by atoms with Crippen molar-refractivity contribution in [3.05, 3.63) is 53.7 Å². The number of aliphatic hydroxyl groups excluding tert-OH is 2. The third kappa shape index (κ3) is 15.2. The number of hydrogen-bond donors (Lipinski definition) is 4. The smallest absolute Gasteiger partial charge is 0.387 e. The number of phosphoric ester groups is 1. The molecule has 1 aliphatic rings. The van der Waals surface area contributed by atoms with Crippen molar-refractivity contribution >= 4 is 30.8 Å². The molecular weight excluding hydrogens is 778 g/mol. The largest absolute Gasteiger partial charge is 0.505 e. The van der Waals surface area contributed by atoms with Crippen LogP contribution in [-0.2, 0) is 55.9 Å². The molecule has 320 valence electrons. The van der Waals surface area contributed by atoms with E-state index in [1.807, 2.05) is 0 Å². The number of nitrogen functional groups attached to an aromatic ring is 1. The number of halogens is 1. The zero-order valence-electron chi connectivity index (χ0n) is 33.5. The van der Waals surface area contributed by atoms with Gasteiger partial charge in [-0.3, -0.25) is 9.05 Å². The van der Waals surface area contributed by atoms with Gasteiger partial charge in [-0.05, 0) is 37.1 Å². The standard InChI is InChI=1S/C40H62FN4O10PS/c1-3-4-5-6-7-8-9-10-11-12-13-14-15-16-17-18-21-51-26-32(52-25-30-22-31(41)24-33(23-30)57-50)27-53-56(48,49)54-28-35-37(46)38(47)40(2,55-35)36-20-19-34-39(42)43-29-44-45(34)36/h19-20,22-24,29,32,35,37-38,46-47H,3-18,21,25-28H2,1-2H3,(H2-,42,43,44,48,49)/p+1/t32-,35-,37-,38-,40+/m1/s1. The molecule has 2 aromatic heterocycles. The van der Waals surface area contributed by atoms with Gasteiger partial charge in [-0.25, -0.2) is 18.5 Å². The summed E-state index contributed by atoms with van der Waals surface area (Å²) in [6, 6.07) is 7.15. The van der Waals surface area contributed by atoms with E-state index in [4.69, 9.17) is 29.0 Å². The second-order valence-corrected chi connectivity index (χ2v) is 17.2. The Balaban J connectivity index is 1.18. The minimum Gasteiger partial charge on any atom is -0.387 e. The van der Waals surface area contributed by atoms with Crippen LogP contribution in [0.25, 0.3) is 5.52 Å². The molecule has 1 fully saturated rings. The Kier molecular flexibility index (Phi) is 20.3. The Morgan fingerprint density at radius 3 is 2.21 bits per heavy atom. The van der Waals surface area contributed by atoms with Crippen molar-refractivity contribution in [1.82, 2.24) is 14.6 Å². The minimum atomic E-state index is -4.74. The highest BCUT2D eigenvalue weighted by atomic mass is 32.1. The monoisotopic (exact) mass is 841 g/mol. The highest BCUT2D eigenvalue weighted by molar-refractivity contribution is 7.65. The second-order valence-electron chi connectivity index (χ2n) is 15.1. The molecule has 5 N–H and O–H groups in total. The van der Waals surface area contributed by atoms with Crippen molar-refractivity contribution in [3.63, 3.8) is 0 Å². The molecule has 14 nitrogen and oxygen atoms in total. The summed E-state index contributed by atoms with van der Waals surface area (Å²) in [7, 11) is -4.74. The first-order valence-corrected chi connectivity index (χ1v) is 22.7. The predicted octanol–water partition coefficient (Wildman–Crippen LogP) is 7.57. The van der Waals surface area contributed by atoms with Crippen LogP contribution in [0.15, 0.2) is 41.6 Å². The summed E-state index contributed by atoms with van der Waals surface area (Å²) in [4.78, 5) is 14.7. The van der Waals surface area contributed by atoms with Crippen molar-refractivity contribution in [2.75, 3.05) is 32.2 Å². The van der Waals surface area contributed by atoms with E-state index in [0.717, 1.165) is 25.3 Å². The molecule has 3 aromatic rings. The Bertz CT molecular complexity index is 1690. The molecule has 3 heterocycles. The molecular formula is C40H63FN4O10PS+. The Labute approximate surface area is 340 Å². The van der Waals surface area contributed by atoms with Crippen LogP contribution in [-0.4, -0.2) is 80.5 Å². The van der Waals surface area contributed by atoms with Crippen molar-refractivity contribution in [1.29, 1.82) is 0 Å². The average Bonchev–Trinajstić information content (AvgIpc) is 3.73. The van der Waals surface area contributed by atoms with Gasteiger partial charge < -0.3 is 35.1 Å². The summed E-state index contributed by atoms with van der Waals surface area (Å²) in [6.45, 7) is 3.15. The van der Waals surface area contributed by atoms with Crippen molar-refractivity contribution in [3.8, 4) is 0 Å². The van der Waals surface area contributed by atoms with E-state index in [-0.39, 0.29) is 35.6 Å². The van der Waals surface area contributed by atoms with Gasteiger partial charge in [0.2, 0.25) is 0 Å².